The molecular formula is C28H30N4O5. The van der Waals surface area contributed by atoms with Gasteiger partial charge in [0, 0.05) is 43.2 Å². The molecule has 0 heterocycles. The van der Waals surface area contributed by atoms with Gasteiger partial charge in [-0.15, -0.1) is 0 Å². The average molecular weight is 503 g/mol. The molecule has 0 bridgehead atoms. The van der Waals surface area contributed by atoms with Crippen molar-refractivity contribution in [3.05, 3.63) is 99.7 Å². The van der Waals surface area contributed by atoms with Crippen molar-refractivity contribution in [3.63, 3.8) is 0 Å². The smallest absolute Gasteiger partial charge is 0.272 e. The van der Waals surface area contributed by atoms with Crippen LogP contribution in [-0.2, 0) is 4.79 Å². The van der Waals surface area contributed by atoms with Crippen LogP contribution in [0.2, 0.25) is 0 Å². The first-order chi connectivity index (χ1) is 17.8. The Morgan fingerprint density at radius 2 is 1.73 bits per heavy atom. The minimum atomic E-state index is -0.620. The Morgan fingerprint density at radius 3 is 2.35 bits per heavy atom. The van der Waals surface area contributed by atoms with Crippen LogP contribution in [0.15, 0.2) is 78.5 Å². The van der Waals surface area contributed by atoms with Crippen molar-refractivity contribution in [2.45, 2.75) is 19.8 Å². The Bertz CT molecular complexity index is 1270. The van der Waals surface area contributed by atoms with Gasteiger partial charge < -0.3 is 20.3 Å². The summed E-state index contributed by atoms with van der Waals surface area (Å²) >= 11 is 0. The van der Waals surface area contributed by atoms with E-state index in [1.54, 1.807) is 30.3 Å². The van der Waals surface area contributed by atoms with E-state index in [1.165, 1.54) is 24.3 Å². The number of nitrogens with zero attached hydrogens (tertiary/aromatic N) is 2. The van der Waals surface area contributed by atoms with Gasteiger partial charge in [0.05, 0.1) is 11.5 Å². The minimum absolute atomic E-state index is 0.0163. The lowest BCUT2D eigenvalue weighted by atomic mass is 10.1. The van der Waals surface area contributed by atoms with Crippen LogP contribution < -0.4 is 20.3 Å². The van der Waals surface area contributed by atoms with E-state index < -0.39 is 16.7 Å². The first-order valence-corrected chi connectivity index (χ1v) is 11.9. The van der Waals surface area contributed by atoms with Gasteiger partial charge in [-0.3, -0.25) is 19.7 Å². The molecule has 9 nitrogen and oxygen atoms in total. The fraction of sp³-hybridized carbons (Fsp3) is 0.214. The molecule has 0 spiro atoms. The largest absolute Gasteiger partial charge is 0.494 e. The Labute approximate surface area is 215 Å². The predicted octanol–water partition coefficient (Wildman–Crippen LogP) is 5.25. The summed E-state index contributed by atoms with van der Waals surface area (Å²) in [6.07, 6.45) is 3.50. The van der Waals surface area contributed by atoms with Crippen molar-refractivity contribution in [1.82, 2.24) is 5.32 Å². The summed E-state index contributed by atoms with van der Waals surface area (Å²) in [5.41, 5.74) is 2.07. The lowest BCUT2D eigenvalue weighted by Gasteiger charge is -2.13. The van der Waals surface area contributed by atoms with Crippen LogP contribution in [0.25, 0.3) is 6.08 Å². The third-order valence-corrected chi connectivity index (χ3v) is 5.41. The van der Waals surface area contributed by atoms with Crippen molar-refractivity contribution in [2.24, 2.45) is 0 Å². The second kappa shape index (κ2) is 12.9. The predicted molar refractivity (Wildman–Crippen MR) is 145 cm³/mol. The van der Waals surface area contributed by atoms with Gasteiger partial charge in [-0.1, -0.05) is 31.5 Å². The van der Waals surface area contributed by atoms with Gasteiger partial charge in [-0.25, -0.2) is 0 Å². The van der Waals surface area contributed by atoms with Gasteiger partial charge in [0.1, 0.15) is 11.4 Å². The number of hydrogen-bond acceptors (Lipinski definition) is 6. The number of carbonyl (C=O) groups excluding carboxylic acids is 2. The van der Waals surface area contributed by atoms with E-state index in [0.717, 1.165) is 18.5 Å². The van der Waals surface area contributed by atoms with E-state index in [0.29, 0.717) is 23.5 Å². The second-order valence-electron chi connectivity index (χ2n) is 8.49. The molecule has 9 heteroatoms. The zero-order chi connectivity index (χ0) is 26.8. The molecule has 0 saturated carbocycles. The van der Waals surface area contributed by atoms with Gasteiger partial charge in [0.25, 0.3) is 17.5 Å². The summed E-state index contributed by atoms with van der Waals surface area (Å²) in [5.74, 6) is -0.444. The normalized spacial score (nSPS) is 10.9. The number of ether oxygens (including phenoxy) is 1. The minimum Gasteiger partial charge on any atom is -0.494 e. The van der Waals surface area contributed by atoms with E-state index in [1.807, 2.05) is 43.3 Å². The van der Waals surface area contributed by atoms with Crippen LogP contribution >= 0.6 is 0 Å². The number of unbranched alkanes of at least 4 members (excludes halogenated alkanes) is 1. The Hall–Kier alpha value is -4.66. The van der Waals surface area contributed by atoms with Crippen LogP contribution in [0.5, 0.6) is 5.75 Å². The molecule has 0 aliphatic rings. The molecule has 0 atom stereocenters. The molecule has 0 saturated heterocycles. The molecule has 192 valence electrons. The standard InChI is InChI=1S/C28H30N4O5/c1-4-5-17-37-25-15-11-21(12-16-25)27(33)30-26(18-20-9-13-23(14-10-20)31(2)3)28(34)29-22-7-6-8-24(19-22)32(35)36/h6-16,18-19H,4-5,17H2,1-3H3,(H,29,34)(H,30,33). The molecule has 2 amide bonds. The summed E-state index contributed by atoms with van der Waals surface area (Å²) in [4.78, 5) is 38.6. The van der Waals surface area contributed by atoms with Gasteiger partial charge in [-0.2, -0.15) is 0 Å². The highest BCUT2D eigenvalue weighted by Crippen LogP contribution is 2.19. The number of amides is 2. The van der Waals surface area contributed by atoms with Crippen molar-refractivity contribution in [2.75, 3.05) is 30.9 Å². The summed E-state index contributed by atoms with van der Waals surface area (Å²) in [7, 11) is 3.84. The van der Waals surface area contributed by atoms with Crippen molar-refractivity contribution >= 4 is 35.0 Å². The Kier molecular flexibility index (Phi) is 9.37. The van der Waals surface area contributed by atoms with E-state index in [-0.39, 0.29) is 17.1 Å². The van der Waals surface area contributed by atoms with Crippen molar-refractivity contribution < 1.29 is 19.2 Å². The van der Waals surface area contributed by atoms with Crippen LogP contribution in [0.1, 0.15) is 35.7 Å². The van der Waals surface area contributed by atoms with Gasteiger partial charge in [0.15, 0.2) is 0 Å². The molecular weight excluding hydrogens is 472 g/mol. The van der Waals surface area contributed by atoms with E-state index in [9.17, 15) is 19.7 Å². The number of nitrogens with one attached hydrogen (secondary N) is 2. The number of nitro groups is 1. The third kappa shape index (κ3) is 7.93. The number of benzene rings is 3. The monoisotopic (exact) mass is 502 g/mol. The lowest BCUT2D eigenvalue weighted by molar-refractivity contribution is -0.384. The maximum absolute atomic E-state index is 13.1. The molecule has 0 unspecified atom stereocenters. The van der Waals surface area contributed by atoms with Crippen molar-refractivity contribution in [1.29, 1.82) is 0 Å². The second-order valence-corrected chi connectivity index (χ2v) is 8.49. The van der Waals surface area contributed by atoms with Crippen molar-refractivity contribution in [3.8, 4) is 5.75 Å². The Morgan fingerprint density at radius 1 is 1.03 bits per heavy atom. The topological polar surface area (TPSA) is 114 Å². The number of anilines is 2. The fourth-order valence-corrected chi connectivity index (χ4v) is 3.32. The summed E-state index contributed by atoms with van der Waals surface area (Å²) < 4.78 is 5.64. The highest BCUT2D eigenvalue weighted by molar-refractivity contribution is 6.10. The van der Waals surface area contributed by atoms with E-state index in [2.05, 4.69) is 17.6 Å². The molecule has 3 aromatic rings. The van der Waals surface area contributed by atoms with Crippen LogP contribution in [-0.4, -0.2) is 37.4 Å². The number of nitro benzene ring substituents is 1. The van der Waals surface area contributed by atoms with Crippen LogP contribution in [0, 0.1) is 10.1 Å². The summed E-state index contributed by atoms with van der Waals surface area (Å²) in [6, 6.07) is 19.7. The highest BCUT2D eigenvalue weighted by Gasteiger charge is 2.16. The summed E-state index contributed by atoms with van der Waals surface area (Å²) in [6.45, 7) is 2.67. The first-order valence-electron chi connectivity index (χ1n) is 11.9. The van der Waals surface area contributed by atoms with Gasteiger partial charge in [-0.05, 0) is 60.5 Å². The highest BCUT2D eigenvalue weighted by atomic mass is 16.6. The molecule has 3 rings (SSSR count). The maximum atomic E-state index is 13.1. The molecule has 0 aliphatic carbocycles. The molecule has 0 aliphatic heterocycles. The molecule has 37 heavy (non-hydrogen) atoms. The zero-order valence-electron chi connectivity index (χ0n) is 21.1. The third-order valence-electron chi connectivity index (χ3n) is 5.41. The molecule has 2 N–H and O–H groups in total. The Balaban J connectivity index is 1.84. The number of non-ortho nitro benzene ring substituents is 1. The molecule has 0 radical (unpaired) electrons. The number of carbonyl (C=O) groups is 2. The SMILES string of the molecule is CCCCOc1ccc(C(=O)NC(=Cc2ccc(N(C)C)cc2)C(=O)Nc2cccc([N+](=O)[O-])c2)cc1. The zero-order valence-corrected chi connectivity index (χ0v) is 21.1. The summed E-state index contributed by atoms with van der Waals surface area (Å²) in [5, 5.41) is 16.4. The maximum Gasteiger partial charge on any atom is 0.272 e. The first kappa shape index (κ1) is 26.9. The van der Waals surface area contributed by atoms with Gasteiger partial charge >= 0.3 is 0 Å². The van der Waals surface area contributed by atoms with Gasteiger partial charge in [0.2, 0.25) is 0 Å². The molecule has 0 aromatic heterocycles. The number of hydrogen-bond donors (Lipinski definition) is 2. The lowest BCUT2D eigenvalue weighted by Crippen LogP contribution is -2.30. The van der Waals surface area contributed by atoms with E-state index >= 15 is 0 Å². The van der Waals surface area contributed by atoms with Crippen LogP contribution in [0.3, 0.4) is 0 Å². The van der Waals surface area contributed by atoms with E-state index in [4.69, 9.17) is 4.74 Å². The molecule has 3 aromatic carbocycles. The fourth-order valence-electron chi connectivity index (χ4n) is 3.32. The quantitative estimate of drug-likeness (QED) is 0.160. The average Bonchev–Trinajstić information content (AvgIpc) is 2.89. The van der Waals surface area contributed by atoms with Crippen LogP contribution in [0.4, 0.5) is 17.1 Å². The molecule has 0 fully saturated rings. The number of rotatable bonds is 11.